The predicted octanol–water partition coefficient (Wildman–Crippen LogP) is 3.50. The number of rotatable bonds is 8. The summed E-state index contributed by atoms with van der Waals surface area (Å²) in [5, 5.41) is 9.90. The molecule has 0 heterocycles. The zero-order valence-electron chi connectivity index (χ0n) is 15.6. The summed E-state index contributed by atoms with van der Waals surface area (Å²) in [6.07, 6.45) is 2.37. The Kier molecular flexibility index (Phi) is 7.16. The molecule has 1 saturated carbocycles. The number of carboxylic acid groups (broad SMARTS) is 1. The first kappa shape index (κ1) is 20.7. The van der Waals surface area contributed by atoms with Gasteiger partial charge in [-0.05, 0) is 31.7 Å². The molecule has 1 aliphatic rings. The average Bonchev–Trinajstić information content (AvgIpc) is 2.66. The van der Waals surface area contributed by atoms with Crippen molar-refractivity contribution in [3.8, 4) is 0 Å². The summed E-state index contributed by atoms with van der Waals surface area (Å²) in [6, 6.07) is 9.25. The molecule has 0 spiro atoms. The molecule has 0 radical (unpaired) electrons. The number of carboxylic acids is 1. The fourth-order valence-electron chi connectivity index (χ4n) is 3.52. The highest BCUT2D eigenvalue weighted by atomic mass is 16.5. The van der Waals surface area contributed by atoms with Crippen LogP contribution in [-0.2, 0) is 30.5 Å². The van der Waals surface area contributed by atoms with E-state index < -0.39 is 29.2 Å². The van der Waals surface area contributed by atoms with Gasteiger partial charge in [0.15, 0.2) is 0 Å². The van der Waals surface area contributed by atoms with Gasteiger partial charge in [-0.1, -0.05) is 49.8 Å². The van der Waals surface area contributed by atoms with E-state index in [9.17, 15) is 19.5 Å². The Hall–Kier alpha value is -2.63. The third-order valence-electron chi connectivity index (χ3n) is 5.10. The highest BCUT2D eigenvalue weighted by Gasteiger charge is 2.51. The van der Waals surface area contributed by atoms with Crippen LogP contribution in [0.15, 0.2) is 42.5 Å². The van der Waals surface area contributed by atoms with Crippen molar-refractivity contribution in [2.45, 2.75) is 45.6 Å². The van der Waals surface area contributed by atoms with Crippen LogP contribution in [0.4, 0.5) is 0 Å². The van der Waals surface area contributed by atoms with Crippen molar-refractivity contribution in [2.24, 2.45) is 11.3 Å². The minimum Gasteiger partial charge on any atom is -0.481 e. The number of ether oxygens (including phenoxy) is 2. The fraction of sp³-hybridized carbons (Fsp3) is 0.476. The zero-order valence-corrected chi connectivity index (χ0v) is 15.6. The second kappa shape index (κ2) is 9.35. The molecule has 0 aliphatic heterocycles. The first-order valence-corrected chi connectivity index (χ1v) is 9.13. The first-order chi connectivity index (χ1) is 12.9. The van der Waals surface area contributed by atoms with E-state index in [0.717, 1.165) is 12.0 Å². The van der Waals surface area contributed by atoms with Gasteiger partial charge < -0.3 is 14.6 Å². The molecule has 1 N–H and O–H groups in total. The number of esters is 2. The number of carbonyl (C=O) groups excluding carboxylic acids is 2. The lowest BCUT2D eigenvalue weighted by Gasteiger charge is -2.39. The molecule has 0 bridgehead atoms. The van der Waals surface area contributed by atoms with Crippen LogP contribution in [0.2, 0.25) is 0 Å². The lowest BCUT2D eigenvalue weighted by atomic mass is 9.64. The SMILES string of the molecule is C=C(C)C(=O)OCCC1(C(=O)O)CCCCC1C(=O)OCc1ccccc1. The summed E-state index contributed by atoms with van der Waals surface area (Å²) in [6.45, 7) is 5.07. The van der Waals surface area contributed by atoms with Gasteiger partial charge in [0.05, 0.1) is 17.9 Å². The van der Waals surface area contributed by atoms with Gasteiger partial charge >= 0.3 is 17.9 Å². The number of carbonyl (C=O) groups is 3. The summed E-state index contributed by atoms with van der Waals surface area (Å²) >= 11 is 0. The highest BCUT2D eigenvalue weighted by molar-refractivity contribution is 5.87. The van der Waals surface area contributed by atoms with Gasteiger partial charge in [0.1, 0.15) is 6.61 Å². The maximum Gasteiger partial charge on any atom is 0.333 e. The topological polar surface area (TPSA) is 89.9 Å². The molecule has 6 heteroatoms. The van der Waals surface area contributed by atoms with Crippen molar-refractivity contribution in [1.29, 1.82) is 0 Å². The van der Waals surface area contributed by atoms with E-state index >= 15 is 0 Å². The van der Waals surface area contributed by atoms with Gasteiger partial charge in [-0.15, -0.1) is 0 Å². The molecule has 0 saturated heterocycles. The summed E-state index contributed by atoms with van der Waals surface area (Å²) in [5.41, 5.74) is -0.179. The molecule has 6 nitrogen and oxygen atoms in total. The molecule has 2 atom stereocenters. The minimum atomic E-state index is -1.28. The lowest BCUT2D eigenvalue weighted by Crippen LogP contribution is -2.46. The number of hydrogen-bond donors (Lipinski definition) is 1. The van der Waals surface area contributed by atoms with Gasteiger partial charge in [-0.25, -0.2) is 4.79 Å². The molecule has 1 aromatic carbocycles. The molecular formula is C21H26O6. The van der Waals surface area contributed by atoms with E-state index in [-0.39, 0.29) is 25.2 Å². The van der Waals surface area contributed by atoms with E-state index in [4.69, 9.17) is 9.47 Å². The van der Waals surface area contributed by atoms with Gasteiger partial charge in [0.2, 0.25) is 0 Å². The third kappa shape index (κ3) is 5.18. The lowest BCUT2D eigenvalue weighted by molar-refractivity contribution is -0.172. The van der Waals surface area contributed by atoms with Crippen LogP contribution >= 0.6 is 0 Å². The van der Waals surface area contributed by atoms with Crippen LogP contribution in [0, 0.1) is 11.3 Å². The molecule has 1 aromatic rings. The van der Waals surface area contributed by atoms with E-state index in [1.807, 2.05) is 30.3 Å². The Balaban J connectivity index is 2.07. The molecule has 2 unspecified atom stereocenters. The molecule has 27 heavy (non-hydrogen) atoms. The molecule has 0 aromatic heterocycles. The van der Waals surface area contributed by atoms with E-state index in [1.165, 1.54) is 6.92 Å². The summed E-state index contributed by atoms with van der Waals surface area (Å²) < 4.78 is 10.5. The molecule has 2 rings (SSSR count). The van der Waals surface area contributed by atoms with Gasteiger partial charge in [-0.3, -0.25) is 9.59 Å². The van der Waals surface area contributed by atoms with E-state index in [2.05, 4.69) is 6.58 Å². The normalized spacial score (nSPS) is 21.9. The highest BCUT2D eigenvalue weighted by Crippen LogP contribution is 2.45. The van der Waals surface area contributed by atoms with E-state index in [0.29, 0.717) is 19.3 Å². The van der Waals surface area contributed by atoms with Crippen LogP contribution in [0.1, 0.15) is 44.6 Å². The van der Waals surface area contributed by atoms with Crippen molar-refractivity contribution in [2.75, 3.05) is 6.61 Å². The smallest absolute Gasteiger partial charge is 0.333 e. The predicted molar refractivity (Wildman–Crippen MR) is 98.7 cm³/mol. The Morgan fingerprint density at radius 3 is 2.52 bits per heavy atom. The quantitative estimate of drug-likeness (QED) is 0.553. The summed E-state index contributed by atoms with van der Waals surface area (Å²) in [7, 11) is 0. The second-order valence-electron chi connectivity index (χ2n) is 7.02. The Bertz CT molecular complexity index is 696. The monoisotopic (exact) mass is 374 g/mol. The van der Waals surface area contributed by atoms with Crippen LogP contribution in [-0.4, -0.2) is 29.6 Å². The molecular weight excluding hydrogens is 348 g/mol. The summed E-state index contributed by atoms with van der Waals surface area (Å²) in [4.78, 5) is 36.4. The Morgan fingerprint density at radius 1 is 1.19 bits per heavy atom. The average molecular weight is 374 g/mol. The van der Waals surface area contributed by atoms with Crippen LogP contribution < -0.4 is 0 Å². The van der Waals surface area contributed by atoms with Gasteiger partial charge in [0.25, 0.3) is 0 Å². The fourth-order valence-corrected chi connectivity index (χ4v) is 3.52. The largest absolute Gasteiger partial charge is 0.481 e. The van der Waals surface area contributed by atoms with Crippen molar-refractivity contribution >= 4 is 17.9 Å². The van der Waals surface area contributed by atoms with Crippen LogP contribution in [0.25, 0.3) is 0 Å². The standard InChI is InChI=1S/C21H26O6/c1-15(2)18(22)26-13-12-21(20(24)25)11-7-6-10-17(21)19(23)27-14-16-8-4-3-5-9-16/h3-5,8-9,17H,1,6-7,10-14H2,2H3,(H,24,25). The summed E-state index contributed by atoms with van der Waals surface area (Å²) in [5.74, 6) is -2.87. The second-order valence-corrected chi connectivity index (χ2v) is 7.02. The third-order valence-corrected chi connectivity index (χ3v) is 5.10. The van der Waals surface area contributed by atoms with Crippen molar-refractivity contribution < 1.29 is 29.0 Å². The molecule has 146 valence electrons. The maximum atomic E-state index is 12.7. The molecule has 0 amide bonds. The minimum absolute atomic E-state index is 0.0690. The Morgan fingerprint density at radius 2 is 1.89 bits per heavy atom. The number of benzene rings is 1. The molecule has 1 fully saturated rings. The number of aliphatic carboxylic acids is 1. The molecule has 1 aliphatic carbocycles. The first-order valence-electron chi connectivity index (χ1n) is 9.13. The van der Waals surface area contributed by atoms with Crippen molar-refractivity contribution in [3.63, 3.8) is 0 Å². The number of hydrogen-bond acceptors (Lipinski definition) is 5. The van der Waals surface area contributed by atoms with Crippen molar-refractivity contribution in [3.05, 3.63) is 48.0 Å². The van der Waals surface area contributed by atoms with Crippen LogP contribution in [0.5, 0.6) is 0 Å². The van der Waals surface area contributed by atoms with Crippen LogP contribution in [0.3, 0.4) is 0 Å². The maximum absolute atomic E-state index is 12.7. The Labute approximate surface area is 159 Å². The zero-order chi connectivity index (χ0) is 19.9. The van der Waals surface area contributed by atoms with Gasteiger partial charge in [0, 0.05) is 5.57 Å². The van der Waals surface area contributed by atoms with Crippen molar-refractivity contribution in [1.82, 2.24) is 0 Å². The van der Waals surface area contributed by atoms with Gasteiger partial charge in [-0.2, -0.15) is 0 Å². The van der Waals surface area contributed by atoms with E-state index in [1.54, 1.807) is 0 Å².